The van der Waals surface area contributed by atoms with Crippen LogP contribution in [0.15, 0.2) is 18.2 Å². The first-order valence-electron chi connectivity index (χ1n) is 7.74. The summed E-state index contributed by atoms with van der Waals surface area (Å²) in [6.07, 6.45) is 3.52. The standard InChI is InChI=1S/C17H29N3/c1-13-7-8-17(15(10-13)11-14(2)18)20(4)16-6-5-9-19(3)12-16/h7-8,10,14,16H,5-6,9,11-12,18H2,1-4H3. The van der Waals surface area contributed by atoms with Crippen LogP contribution < -0.4 is 10.6 Å². The first-order valence-corrected chi connectivity index (χ1v) is 7.74. The van der Waals surface area contributed by atoms with Gasteiger partial charge >= 0.3 is 0 Å². The molecule has 0 radical (unpaired) electrons. The molecule has 2 N–H and O–H groups in total. The van der Waals surface area contributed by atoms with E-state index in [4.69, 9.17) is 5.73 Å². The number of piperidine rings is 1. The Morgan fingerprint density at radius 1 is 1.45 bits per heavy atom. The van der Waals surface area contributed by atoms with Gasteiger partial charge in [-0.1, -0.05) is 17.7 Å². The SMILES string of the molecule is Cc1ccc(N(C)C2CCCN(C)C2)c(CC(C)N)c1. The Hall–Kier alpha value is -1.06. The highest BCUT2D eigenvalue weighted by Gasteiger charge is 2.22. The topological polar surface area (TPSA) is 32.5 Å². The average Bonchev–Trinajstić information content (AvgIpc) is 2.37. The second-order valence-electron chi connectivity index (χ2n) is 6.48. The number of aryl methyl sites for hydroxylation is 1. The van der Waals surface area contributed by atoms with Gasteiger partial charge in [-0.2, -0.15) is 0 Å². The number of nitrogens with two attached hydrogens (primary N) is 1. The van der Waals surface area contributed by atoms with E-state index in [1.807, 2.05) is 0 Å². The summed E-state index contributed by atoms with van der Waals surface area (Å²) in [7, 11) is 4.46. The van der Waals surface area contributed by atoms with Crippen molar-refractivity contribution in [3.8, 4) is 0 Å². The lowest BCUT2D eigenvalue weighted by atomic mass is 9.99. The Kier molecular flexibility index (Phi) is 5.06. The van der Waals surface area contributed by atoms with Crippen molar-refractivity contribution in [2.75, 3.05) is 32.1 Å². The number of likely N-dealkylation sites (tertiary alicyclic amines) is 1. The fourth-order valence-corrected chi connectivity index (χ4v) is 3.22. The summed E-state index contributed by atoms with van der Waals surface area (Å²) >= 11 is 0. The number of hydrogen-bond donors (Lipinski definition) is 1. The van der Waals surface area contributed by atoms with Crippen molar-refractivity contribution in [1.82, 2.24) is 4.90 Å². The molecule has 3 heteroatoms. The second-order valence-corrected chi connectivity index (χ2v) is 6.48. The molecule has 0 saturated carbocycles. The van der Waals surface area contributed by atoms with Crippen LogP contribution in [0.25, 0.3) is 0 Å². The summed E-state index contributed by atoms with van der Waals surface area (Å²) < 4.78 is 0. The van der Waals surface area contributed by atoms with E-state index in [0.29, 0.717) is 6.04 Å². The number of nitrogens with zero attached hydrogens (tertiary/aromatic N) is 2. The smallest absolute Gasteiger partial charge is 0.0414 e. The first kappa shape index (κ1) is 15.3. The van der Waals surface area contributed by atoms with E-state index < -0.39 is 0 Å². The monoisotopic (exact) mass is 275 g/mol. The van der Waals surface area contributed by atoms with Gasteiger partial charge < -0.3 is 15.5 Å². The molecule has 20 heavy (non-hydrogen) atoms. The van der Waals surface area contributed by atoms with Gasteiger partial charge in [0.1, 0.15) is 0 Å². The Morgan fingerprint density at radius 3 is 2.85 bits per heavy atom. The molecule has 0 aliphatic carbocycles. The Morgan fingerprint density at radius 2 is 2.20 bits per heavy atom. The van der Waals surface area contributed by atoms with Crippen molar-refractivity contribution in [2.45, 2.75) is 45.2 Å². The van der Waals surface area contributed by atoms with Gasteiger partial charge in [0.2, 0.25) is 0 Å². The van der Waals surface area contributed by atoms with E-state index in [0.717, 1.165) is 13.0 Å². The minimum atomic E-state index is 0.206. The molecule has 0 bridgehead atoms. The number of likely N-dealkylation sites (N-methyl/N-ethyl adjacent to an activating group) is 2. The summed E-state index contributed by atoms with van der Waals surface area (Å²) in [4.78, 5) is 4.90. The van der Waals surface area contributed by atoms with Crippen molar-refractivity contribution in [2.24, 2.45) is 5.73 Å². The summed E-state index contributed by atoms with van der Waals surface area (Å²) in [6.45, 7) is 6.62. The molecular weight excluding hydrogens is 246 g/mol. The zero-order valence-corrected chi connectivity index (χ0v) is 13.4. The Labute approximate surface area is 123 Å². The largest absolute Gasteiger partial charge is 0.370 e. The molecule has 1 aromatic rings. The third-order valence-corrected chi connectivity index (χ3v) is 4.30. The van der Waals surface area contributed by atoms with E-state index in [1.54, 1.807) is 0 Å². The highest BCUT2D eigenvalue weighted by atomic mass is 15.2. The molecule has 0 aromatic heterocycles. The predicted molar refractivity (Wildman–Crippen MR) is 87.5 cm³/mol. The number of hydrogen-bond acceptors (Lipinski definition) is 3. The Balaban J connectivity index is 2.21. The van der Waals surface area contributed by atoms with Gasteiger partial charge in [0.05, 0.1) is 0 Å². The highest BCUT2D eigenvalue weighted by molar-refractivity contribution is 5.55. The lowest BCUT2D eigenvalue weighted by Crippen LogP contribution is -2.45. The highest BCUT2D eigenvalue weighted by Crippen LogP contribution is 2.26. The van der Waals surface area contributed by atoms with Gasteiger partial charge in [0.15, 0.2) is 0 Å². The molecule has 0 spiro atoms. The molecular formula is C17H29N3. The summed E-state index contributed by atoms with van der Waals surface area (Å²) in [5, 5.41) is 0. The van der Waals surface area contributed by atoms with E-state index in [1.165, 1.54) is 36.2 Å². The maximum atomic E-state index is 6.02. The molecule has 1 aliphatic rings. The van der Waals surface area contributed by atoms with Crippen LogP contribution in [0, 0.1) is 6.92 Å². The van der Waals surface area contributed by atoms with Crippen LogP contribution in [-0.4, -0.2) is 44.2 Å². The van der Waals surface area contributed by atoms with Crippen LogP contribution >= 0.6 is 0 Å². The van der Waals surface area contributed by atoms with E-state index >= 15 is 0 Å². The lowest BCUT2D eigenvalue weighted by molar-refractivity contribution is 0.248. The fourth-order valence-electron chi connectivity index (χ4n) is 3.22. The lowest BCUT2D eigenvalue weighted by Gasteiger charge is -2.38. The number of anilines is 1. The van der Waals surface area contributed by atoms with E-state index in [9.17, 15) is 0 Å². The zero-order valence-electron chi connectivity index (χ0n) is 13.4. The van der Waals surface area contributed by atoms with Crippen molar-refractivity contribution >= 4 is 5.69 Å². The molecule has 1 saturated heterocycles. The van der Waals surface area contributed by atoms with Crippen LogP contribution in [0.5, 0.6) is 0 Å². The van der Waals surface area contributed by atoms with Crippen molar-refractivity contribution in [3.05, 3.63) is 29.3 Å². The third-order valence-electron chi connectivity index (χ3n) is 4.30. The minimum Gasteiger partial charge on any atom is -0.370 e. The van der Waals surface area contributed by atoms with Gasteiger partial charge in [-0.05, 0) is 58.3 Å². The average molecular weight is 275 g/mol. The normalized spacial score (nSPS) is 21.8. The van der Waals surface area contributed by atoms with Gasteiger partial charge in [0, 0.05) is 31.4 Å². The molecule has 2 atom stereocenters. The van der Waals surface area contributed by atoms with Crippen molar-refractivity contribution in [1.29, 1.82) is 0 Å². The second kappa shape index (κ2) is 6.59. The van der Waals surface area contributed by atoms with Crippen LogP contribution in [0.2, 0.25) is 0 Å². The number of benzene rings is 1. The van der Waals surface area contributed by atoms with Gasteiger partial charge in [-0.15, -0.1) is 0 Å². The Bertz CT molecular complexity index is 442. The molecule has 1 aliphatic heterocycles. The zero-order chi connectivity index (χ0) is 14.7. The van der Waals surface area contributed by atoms with Gasteiger partial charge in [-0.25, -0.2) is 0 Å². The molecule has 2 unspecified atom stereocenters. The molecule has 1 aromatic carbocycles. The van der Waals surface area contributed by atoms with Crippen molar-refractivity contribution < 1.29 is 0 Å². The first-order chi connectivity index (χ1) is 9.47. The van der Waals surface area contributed by atoms with Crippen LogP contribution in [0.4, 0.5) is 5.69 Å². The molecule has 1 heterocycles. The van der Waals surface area contributed by atoms with Gasteiger partial charge in [-0.3, -0.25) is 0 Å². The fraction of sp³-hybridized carbons (Fsp3) is 0.647. The minimum absolute atomic E-state index is 0.206. The third kappa shape index (κ3) is 3.74. The quantitative estimate of drug-likeness (QED) is 0.916. The molecule has 112 valence electrons. The van der Waals surface area contributed by atoms with Crippen molar-refractivity contribution in [3.63, 3.8) is 0 Å². The summed E-state index contributed by atoms with van der Waals surface area (Å²) in [6, 6.07) is 7.59. The molecule has 0 amide bonds. The number of rotatable bonds is 4. The van der Waals surface area contributed by atoms with E-state index in [-0.39, 0.29) is 6.04 Å². The maximum absolute atomic E-state index is 6.02. The predicted octanol–water partition coefficient (Wildman–Crippen LogP) is 2.42. The summed E-state index contributed by atoms with van der Waals surface area (Å²) in [5.74, 6) is 0. The molecule has 2 rings (SSSR count). The van der Waals surface area contributed by atoms with Gasteiger partial charge in [0.25, 0.3) is 0 Å². The molecule has 1 fully saturated rings. The van der Waals surface area contributed by atoms with Crippen LogP contribution in [0.3, 0.4) is 0 Å². The molecule has 3 nitrogen and oxygen atoms in total. The maximum Gasteiger partial charge on any atom is 0.0414 e. The van der Waals surface area contributed by atoms with Crippen LogP contribution in [-0.2, 0) is 6.42 Å². The summed E-state index contributed by atoms with van der Waals surface area (Å²) in [5.41, 5.74) is 10.1. The van der Waals surface area contributed by atoms with Crippen LogP contribution in [0.1, 0.15) is 30.9 Å². The van der Waals surface area contributed by atoms with E-state index in [2.05, 4.69) is 55.9 Å².